The molecule has 1 amide bonds. The molecule has 4 aromatic rings. The van der Waals surface area contributed by atoms with Crippen LogP contribution in [0.25, 0.3) is 22.2 Å². The topological polar surface area (TPSA) is 67.0 Å². The Morgan fingerprint density at radius 3 is 2.93 bits per heavy atom. The Morgan fingerprint density at radius 2 is 2.11 bits per heavy atom. The number of carbonyl (C=O) groups excluding carboxylic acids is 1. The smallest absolute Gasteiger partial charge is 0.230 e. The number of aryl methyl sites for hydroxylation is 1. The molecule has 142 valence electrons. The average Bonchev–Trinajstić information content (AvgIpc) is 3.26. The summed E-state index contributed by atoms with van der Waals surface area (Å²) < 4.78 is 18.9. The fourth-order valence-corrected chi connectivity index (χ4v) is 3.95. The number of para-hydroxylation sites is 1. The van der Waals surface area contributed by atoms with E-state index in [1.54, 1.807) is 11.4 Å². The molecular weight excluding hydrogens is 377 g/mol. The third-order valence-electron chi connectivity index (χ3n) is 4.55. The molecule has 4 rings (SSSR count). The normalized spacial score (nSPS) is 11.0. The molecule has 0 fully saturated rings. The van der Waals surface area contributed by atoms with Gasteiger partial charge in [-0.1, -0.05) is 18.2 Å². The minimum absolute atomic E-state index is 0.153. The van der Waals surface area contributed by atoms with Gasteiger partial charge in [-0.05, 0) is 36.8 Å². The molecule has 0 bridgehead atoms. The van der Waals surface area contributed by atoms with E-state index in [-0.39, 0.29) is 18.1 Å². The van der Waals surface area contributed by atoms with Gasteiger partial charge in [-0.25, -0.2) is 9.37 Å². The first-order valence-corrected chi connectivity index (χ1v) is 9.58. The van der Waals surface area contributed by atoms with E-state index in [1.165, 1.54) is 30.6 Å². The molecule has 0 unspecified atom stereocenters. The monoisotopic (exact) mass is 395 g/mol. The van der Waals surface area contributed by atoms with Crippen LogP contribution in [0.5, 0.6) is 5.75 Å². The number of fused-ring (bicyclic) bond motifs is 1. The van der Waals surface area contributed by atoms with E-state index in [4.69, 9.17) is 4.74 Å². The number of hydrogen-bond donors (Lipinski definition) is 2. The Hall–Kier alpha value is -3.19. The number of aromatic nitrogens is 2. The van der Waals surface area contributed by atoms with Gasteiger partial charge in [0.25, 0.3) is 0 Å². The quantitative estimate of drug-likeness (QED) is 0.504. The number of thiazole rings is 1. The summed E-state index contributed by atoms with van der Waals surface area (Å²) in [5.41, 5.74) is 4.06. The lowest BCUT2D eigenvalue weighted by Gasteiger charge is -2.06. The van der Waals surface area contributed by atoms with Gasteiger partial charge in [-0.3, -0.25) is 4.79 Å². The van der Waals surface area contributed by atoms with Crippen molar-refractivity contribution in [2.45, 2.75) is 13.3 Å². The van der Waals surface area contributed by atoms with Crippen molar-refractivity contribution in [1.82, 2.24) is 9.97 Å². The van der Waals surface area contributed by atoms with Crippen LogP contribution in [0, 0.1) is 12.7 Å². The number of anilines is 1. The number of hydrogen-bond acceptors (Lipinski definition) is 4. The van der Waals surface area contributed by atoms with Crippen molar-refractivity contribution in [3.63, 3.8) is 0 Å². The van der Waals surface area contributed by atoms with E-state index in [0.29, 0.717) is 22.1 Å². The second kappa shape index (κ2) is 7.44. The van der Waals surface area contributed by atoms with Crippen LogP contribution in [-0.4, -0.2) is 23.0 Å². The van der Waals surface area contributed by atoms with E-state index in [0.717, 1.165) is 22.2 Å². The largest absolute Gasteiger partial charge is 0.496 e. The zero-order valence-electron chi connectivity index (χ0n) is 15.4. The van der Waals surface area contributed by atoms with Crippen molar-refractivity contribution in [3.8, 4) is 17.0 Å². The summed E-state index contributed by atoms with van der Waals surface area (Å²) in [4.78, 5) is 20.3. The first-order chi connectivity index (χ1) is 13.5. The molecule has 28 heavy (non-hydrogen) atoms. The Balaban J connectivity index is 1.53. The molecular formula is C21H18FN3O2S. The summed E-state index contributed by atoms with van der Waals surface area (Å²) in [5.74, 6) is 0.00292. The maximum absolute atomic E-state index is 13.6. The molecule has 0 atom stereocenters. The van der Waals surface area contributed by atoms with Crippen LogP contribution >= 0.6 is 11.3 Å². The average molecular weight is 395 g/mol. The van der Waals surface area contributed by atoms with Gasteiger partial charge in [0, 0.05) is 27.5 Å². The van der Waals surface area contributed by atoms with E-state index in [9.17, 15) is 9.18 Å². The molecule has 0 spiro atoms. The van der Waals surface area contributed by atoms with Gasteiger partial charge in [0.2, 0.25) is 5.91 Å². The fraction of sp³-hybridized carbons (Fsp3) is 0.143. The van der Waals surface area contributed by atoms with Crippen LogP contribution in [0.4, 0.5) is 9.52 Å². The maximum Gasteiger partial charge on any atom is 0.230 e. The van der Waals surface area contributed by atoms with Crippen molar-refractivity contribution in [1.29, 1.82) is 0 Å². The fourth-order valence-electron chi connectivity index (χ4n) is 3.22. The lowest BCUT2D eigenvalue weighted by atomic mass is 10.1. The number of rotatable bonds is 5. The summed E-state index contributed by atoms with van der Waals surface area (Å²) in [6, 6.07) is 12.2. The minimum Gasteiger partial charge on any atom is -0.496 e. The summed E-state index contributed by atoms with van der Waals surface area (Å²) in [7, 11) is 1.52. The summed E-state index contributed by atoms with van der Waals surface area (Å²) >= 11 is 1.29. The molecule has 2 aromatic heterocycles. The van der Waals surface area contributed by atoms with Gasteiger partial charge in [-0.15, -0.1) is 11.3 Å². The second-order valence-electron chi connectivity index (χ2n) is 6.38. The maximum atomic E-state index is 13.6. The first kappa shape index (κ1) is 18.2. The number of halogens is 1. The highest BCUT2D eigenvalue weighted by molar-refractivity contribution is 7.14. The molecule has 0 aliphatic rings. The first-order valence-electron chi connectivity index (χ1n) is 8.70. The van der Waals surface area contributed by atoms with Crippen LogP contribution in [0.2, 0.25) is 0 Å². The van der Waals surface area contributed by atoms with Gasteiger partial charge in [-0.2, -0.15) is 0 Å². The highest BCUT2D eigenvalue weighted by Gasteiger charge is 2.15. The molecule has 0 saturated heterocycles. The lowest BCUT2D eigenvalue weighted by Crippen LogP contribution is -2.14. The number of ether oxygens (including phenoxy) is 1. The van der Waals surface area contributed by atoms with Crippen LogP contribution in [0.3, 0.4) is 0 Å². The van der Waals surface area contributed by atoms with Crippen LogP contribution in [0.15, 0.2) is 47.8 Å². The highest BCUT2D eigenvalue weighted by Crippen LogP contribution is 2.33. The number of benzene rings is 2. The van der Waals surface area contributed by atoms with Crippen LogP contribution < -0.4 is 10.1 Å². The molecule has 2 heterocycles. The molecule has 5 nitrogen and oxygen atoms in total. The zero-order chi connectivity index (χ0) is 19.7. The number of amides is 1. The predicted octanol–water partition coefficient (Wildman–Crippen LogP) is 4.93. The van der Waals surface area contributed by atoms with Crippen molar-refractivity contribution >= 4 is 33.3 Å². The molecule has 0 aliphatic heterocycles. The Labute approximate surface area is 165 Å². The number of aromatic amines is 1. The lowest BCUT2D eigenvalue weighted by molar-refractivity contribution is -0.115. The van der Waals surface area contributed by atoms with Crippen molar-refractivity contribution in [3.05, 3.63) is 64.9 Å². The number of nitrogens with zero attached hydrogens (tertiary/aromatic N) is 1. The Kier molecular flexibility index (Phi) is 4.83. The highest BCUT2D eigenvalue weighted by atomic mass is 32.1. The summed E-state index contributed by atoms with van der Waals surface area (Å²) in [6.45, 7) is 1.96. The van der Waals surface area contributed by atoms with Gasteiger partial charge < -0.3 is 15.0 Å². The molecule has 2 N–H and O–H groups in total. The summed E-state index contributed by atoms with van der Waals surface area (Å²) in [5, 5.41) is 6.11. The zero-order valence-corrected chi connectivity index (χ0v) is 16.2. The molecule has 0 aliphatic carbocycles. The third kappa shape index (κ3) is 3.48. The molecule has 7 heteroatoms. The number of nitrogens with one attached hydrogen (secondary N) is 2. The standard InChI is InChI=1S/C21H18FN3O2S/c1-12-15(14-5-3-4-6-17(14)23-12)10-20(26)25-21-24-18(11-28-21)16-9-13(22)7-8-19(16)27-2/h3-9,11,23H,10H2,1-2H3,(H,24,25,26). The van der Waals surface area contributed by atoms with E-state index >= 15 is 0 Å². The van der Waals surface area contributed by atoms with E-state index in [2.05, 4.69) is 15.3 Å². The van der Waals surface area contributed by atoms with Crippen molar-refractivity contribution < 1.29 is 13.9 Å². The van der Waals surface area contributed by atoms with Gasteiger partial charge in [0.1, 0.15) is 11.6 Å². The third-order valence-corrected chi connectivity index (χ3v) is 5.31. The Morgan fingerprint density at radius 1 is 1.29 bits per heavy atom. The molecule has 0 radical (unpaired) electrons. The number of carbonyl (C=O) groups is 1. The number of methoxy groups -OCH3 is 1. The van der Waals surface area contributed by atoms with E-state index in [1.807, 2.05) is 31.2 Å². The summed E-state index contributed by atoms with van der Waals surface area (Å²) in [6.07, 6.45) is 0.244. The van der Waals surface area contributed by atoms with Crippen LogP contribution in [-0.2, 0) is 11.2 Å². The minimum atomic E-state index is -0.371. The molecule has 0 saturated carbocycles. The second-order valence-corrected chi connectivity index (χ2v) is 7.24. The number of H-pyrrole nitrogens is 1. The van der Waals surface area contributed by atoms with Gasteiger partial charge >= 0.3 is 0 Å². The van der Waals surface area contributed by atoms with Crippen LogP contribution in [0.1, 0.15) is 11.3 Å². The SMILES string of the molecule is COc1ccc(F)cc1-c1csc(NC(=O)Cc2c(C)[nH]c3ccccc23)n1. The Bertz CT molecular complexity index is 1170. The predicted molar refractivity (Wildman–Crippen MR) is 109 cm³/mol. The van der Waals surface area contributed by atoms with E-state index < -0.39 is 0 Å². The van der Waals surface area contributed by atoms with Crippen molar-refractivity contribution in [2.75, 3.05) is 12.4 Å². The van der Waals surface area contributed by atoms with Gasteiger partial charge in [0.15, 0.2) is 5.13 Å². The molecule has 2 aromatic carbocycles. The van der Waals surface area contributed by atoms with Gasteiger partial charge in [0.05, 0.1) is 19.2 Å². The van der Waals surface area contributed by atoms with Crippen molar-refractivity contribution in [2.24, 2.45) is 0 Å².